The number of ether oxygens (including phenoxy) is 1. The number of nitrogens with one attached hydrogen (secondary N) is 1. The molecule has 0 radical (unpaired) electrons. The van der Waals surface area contributed by atoms with Crippen LogP contribution in [0.15, 0.2) is 29.2 Å². The van der Waals surface area contributed by atoms with Gasteiger partial charge in [0.15, 0.2) is 0 Å². The number of morpholine rings is 1. The molecule has 21 heavy (non-hydrogen) atoms. The molecule has 1 amide bonds. The minimum atomic E-state index is -3.70. The van der Waals surface area contributed by atoms with E-state index in [1.54, 1.807) is 24.0 Å². The van der Waals surface area contributed by atoms with E-state index in [-0.39, 0.29) is 10.8 Å². The Bertz CT molecular complexity index is 594. The highest BCUT2D eigenvalue weighted by molar-refractivity contribution is 7.89. The van der Waals surface area contributed by atoms with Crippen molar-refractivity contribution in [1.29, 1.82) is 0 Å². The molecule has 0 aromatic heterocycles. The monoisotopic (exact) mass is 313 g/mol. The summed E-state index contributed by atoms with van der Waals surface area (Å²) in [6.45, 7) is 4.07. The molecule has 1 aliphatic rings. The zero-order valence-corrected chi connectivity index (χ0v) is 12.6. The van der Waals surface area contributed by atoms with E-state index in [9.17, 15) is 13.2 Å². The van der Waals surface area contributed by atoms with Crippen LogP contribution in [0.5, 0.6) is 0 Å². The van der Waals surface area contributed by atoms with Gasteiger partial charge < -0.3 is 15.0 Å². The third-order valence-electron chi connectivity index (χ3n) is 3.26. The van der Waals surface area contributed by atoms with Crippen molar-refractivity contribution < 1.29 is 17.9 Å². The summed E-state index contributed by atoms with van der Waals surface area (Å²) >= 11 is 0. The van der Waals surface area contributed by atoms with Gasteiger partial charge in [-0.05, 0) is 31.2 Å². The van der Waals surface area contributed by atoms with Crippen molar-refractivity contribution in [2.75, 3.05) is 31.6 Å². The first-order chi connectivity index (χ1) is 9.88. The summed E-state index contributed by atoms with van der Waals surface area (Å²) in [5, 5.41) is 8.08. The molecule has 7 nitrogen and oxygen atoms in total. The number of sulfonamides is 1. The first kappa shape index (κ1) is 15.7. The van der Waals surface area contributed by atoms with Crippen molar-refractivity contribution in [2.24, 2.45) is 5.14 Å². The Morgan fingerprint density at radius 2 is 1.86 bits per heavy atom. The fraction of sp³-hybridized carbons (Fsp3) is 0.462. The van der Waals surface area contributed by atoms with Gasteiger partial charge >= 0.3 is 0 Å². The number of primary sulfonamides is 1. The van der Waals surface area contributed by atoms with Crippen molar-refractivity contribution in [3.05, 3.63) is 24.3 Å². The third-order valence-corrected chi connectivity index (χ3v) is 4.19. The molecule has 1 atom stereocenters. The van der Waals surface area contributed by atoms with Gasteiger partial charge in [0.1, 0.15) is 6.04 Å². The van der Waals surface area contributed by atoms with Crippen molar-refractivity contribution in [2.45, 2.75) is 17.9 Å². The predicted molar refractivity (Wildman–Crippen MR) is 78.3 cm³/mol. The Balaban J connectivity index is 1.98. The average molecular weight is 313 g/mol. The van der Waals surface area contributed by atoms with Crippen LogP contribution >= 0.6 is 0 Å². The van der Waals surface area contributed by atoms with E-state index in [1.165, 1.54) is 12.1 Å². The second-order valence-corrected chi connectivity index (χ2v) is 6.43. The van der Waals surface area contributed by atoms with Crippen LogP contribution in [-0.4, -0.2) is 51.6 Å². The summed E-state index contributed by atoms with van der Waals surface area (Å²) in [6, 6.07) is 5.59. The Kier molecular flexibility index (Phi) is 4.81. The summed E-state index contributed by atoms with van der Waals surface area (Å²) in [5.74, 6) is -0.00572. The molecule has 116 valence electrons. The lowest BCUT2D eigenvalue weighted by Gasteiger charge is -2.29. The molecule has 0 saturated carbocycles. The van der Waals surface area contributed by atoms with E-state index < -0.39 is 16.1 Å². The van der Waals surface area contributed by atoms with Crippen LogP contribution in [0, 0.1) is 0 Å². The normalized spacial score (nSPS) is 17.3. The molecular weight excluding hydrogens is 294 g/mol. The number of carbonyl (C=O) groups excluding carboxylic acids is 1. The van der Waals surface area contributed by atoms with E-state index in [1.807, 2.05) is 0 Å². The molecule has 2 rings (SSSR count). The third kappa shape index (κ3) is 4.16. The minimum Gasteiger partial charge on any atom is -0.378 e. The maximum Gasteiger partial charge on any atom is 0.244 e. The molecule has 1 saturated heterocycles. The summed E-state index contributed by atoms with van der Waals surface area (Å²) < 4.78 is 27.5. The van der Waals surface area contributed by atoms with Crippen LogP contribution in [0.1, 0.15) is 6.92 Å². The highest BCUT2D eigenvalue weighted by atomic mass is 32.2. The summed E-state index contributed by atoms with van der Waals surface area (Å²) in [5.41, 5.74) is 0.663. The van der Waals surface area contributed by atoms with Gasteiger partial charge in [-0.2, -0.15) is 0 Å². The second-order valence-electron chi connectivity index (χ2n) is 4.87. The lowest BCUT2D eigenvalue weighted by molar-refractivity contribution is -0.135. The molecular formula is C13H19N3O4S. The topological polar surface area (TPSA) is 102 Å². The van der Waals surface area contributed by atoms with Gasteiger partial charge in [-0.15, -0.1) is 0 Å². The molecule has 0 bridgehead atoms. The molecule has 1 unspecified atom stereocenters. The fourth-order valence-electron chi connectivity index (χ4n) is 2.11. The number of hydrogen-bond acceptors (Lipinski definition) is 5. The maximum absolute atomic E-state index is 12.2. The molecule has 1 aliphatic heterocycles. The molecule has 1 aromatic carbocycles. The molecule has 1 heterocycles. The van der Waals surface area contributed by atoms with Gasteiger partial charge in [-0.3, -0.25) is 4.79 Å². The summed E-state index contributed by atoms with van der Waals surface area (Å²) in [6.07, 6.45) is 0. The standard InChI is InChI=1S/C13H19N3O4S/c1-10(13(17)16-6-8-20-9-7-16)15-11-2-4-12(5-3-11)21(14,18)19/h2-5,10,15H,6-9H2,1H3,(H2,14,18,19). The number of nitrogens with two attached hydrogens (primary N) is 1. The number of carbonyl (C=O) groups is 1. The molecule has 1 aromatic rings. The number of hydrogen-bond donors (Lipinski definition) is 2. The minimum absolute atomic E-state index is 0.00572. The molecule has 3 N–H and O–H groups in total. The Morgan fingerprint density at radius 1 is 1.29 bits per heavy atom. The quantitative estimate of drug-likeness (QED) is 0.814. The van der Waals surface area contributed by atoms with Gasteiger partial charge in [0.05, 0.1) is 18.1 Å². The molecule has 0 spiro atoms. The average Bonchev–Trinajstić information content (AvgIpc) is 2.47. The molecule has 0 aliphatic carbocycles. The number of benzene rings is 1. The lowest BCUT2D eigenvalue weighted by atomic mass is 10.2. The van der Waals surface area contributed by atoms with Crippen molar-refractivity contribution >= 4 is 21.6 Å². The number of nitrogens with zero attached hydrogens (tertiary/aromatic N) is 1. The number of rotatable bonds is 4. The summed E-state index contributed by atoms with van der Waals surface area (Å²) in [7, 11) is -3.70. The molecule has 8 heteroatoms. The highest BCUT2D eigenvalue weighted by Crippen LogP contribution is 2.14. The predicted octanol–water partition coefficient (Wildman–Crippen LogP) is -0.00680. The Labute approximate surface area is 124 Å². The van der Waals surface area contributed by atoms with E-state index in [4.69, 9.17) is 9.88 Å². The van der Waals surface area contributed by atoms with Crippen molar-refractivity contribution in [3.63, 3.8) is 0 Å². The van der Waals surface area contributed by atoms with E-state index in [0.29, 0.717) is 32.0 Å². The summed E-state index contributed by atoms with van der Waals surface area (Å²) in [4.78, 5) is 14.0. The Hall–Kier alpha value is -1.64. The number of amides is 1. The van der Waals surface area contributed by atoms with E-state index in [0.717, 1.165) is 0 Å². The zero-order chi connectivity index (χ0) is 15.5. The van der Waals surface area contributed by atoms with Crippen molar-refractivity contribution in [3.8, 4) is 0 Å². The van der Waals surface area contributed by atoms with Crippen LogP contribution in [0.25, 0.3) is 0 Å². The van der Waals surface area contributed by atoms with Gasteiger partial charge in [-0.25, -0.2) is 13.6 Å². The van der Waals surface area contributed by atoms with Crippen molar-refractivity contribution in [1.82, 2.24) is 4.90 Å². The first-order valence-corrected chi connectivity index (χ1v) is 8.18. The van der Waals surface area contributed by atoms with Crippen LogP contribution in [0.3, 0.4) is 0 Å². The molecule has 1 fully saturated rings. The van der Waals surface area contributed by atoms with E-state index in [2.05, 4.69) is 5.32 Å². The van der Waals surface area contributed by atoms with Crippen LogP contribution in [0.2, 0.25) is 0 Å². The van der Waals surface area contributed by atoms with Gasteiger partial charge in [0, 0.05) is 18.8 Å². The smallest absolute Gasteiger partial charge is 0.244 e. The Morgan fingerprint density at radius 3 is 2.38 bits per heavy atom. The van der Waals surface area contributed by atoms with Crippen LogP contribution in [-0.2, 0) is 19.6 Å². The fourth-order valence-corrected chi connectivity index (χ4v) is 2.63. The lowest BCUT2D eigenvalue weighted by Crippen LogP contribution is -2.46. The number of anilines is 1. The first-order valence-electron chi connectivity index (χ1n) is 6.64. The zero-order valence-electron chi connectivity index (χ0n) is 11.8. The second kappa shape index (κ2) is 6.42. The maximum atomic E-state index is 12.2. The highest BCUT2D eigenvalue weighted by Gasteiger charge is 2.22. The van der Waals surface area contributed by atoms with Gasteiger partial charge in [0.2, 0.25) is 15.9 Å². The van der Waals surface area contributed by atoms with Gasteiger partial charge in [0.25, 0.3) is 0 Å². The van der Waals surface area contributed by atoms with Crippen LogP contribution < -0.4 is 10.5 Å². The van der Waals surface area contributed by atoms with E-state index >= 15 is 0 Å². The van der Waals surface area contributed by atoms with Gasteiger partial charge in [-0.1, -0.05) is 0 Å². The van der Waals surface area contributed by atoms with Crippen LogP contribution in [0.4, 0.5) is 5.69 Å². The SMILES string of the molecule is CC(Nc1ccc(S(N)(=O)=O)cc1)C(=O)N1CCOCC1. The largest absolute Gasteiger partial charge is 0.378 e.